The van der Waals surface area contributed by atoms with Gasteiger partial charge in [0.1, 0.15) is 30.7 Å². The molecule has 1 aromatic heterocycles. The SMILES string of the molecule is COc1cc(OCc2ccccc2)ccc1/C=N\N1CC(=O)N2Cc3[nH]c4ccccc4c3C[C@H]2C1=O. The quantitative estimate of drug-likeness (QED) is 0.412. The number of ether oxygens (including phenoxy) is 2. The van der Waals surface area contributed by atoms with Crippen LogP contribution in [0.5, 0.6) is 11.5 Å². The molecule has 2 aliphatic rings. The molecule has 37 heavy (non-hydrogen) atoms. The summed E-state index contributed by atoms with van der Waals surface area (Å²) >= 11 is 0. The van der Waals surface area contributed by atoms with Gasteiger partial charge in [-0.1, -0.05) is 48.5 Å². The molecule has 1 atom stereocenters. The molecule has 0 radical (unpaired) electrons. The first-order chi connectivity index (χ1) is 18.1. The number of methoxy groups -OCH3 is 1. The predicted molar refractivity (Wildman–Crippen MR) is 139 cm³/mol. The smallest absolute Gasteiger partial charge is 0.266 e. The van der Waals surface area contributed by atoms with Crippen LogP contribution >= 0.6 is 0 Å². The first kappa shape index (κ1) is 22.8. The number of carbonyl (C=O) groups is 2. The van der Waals surface area contributed by atoms with Crippen molar-refractivity contribution in [1.82, 2.24) is 14.9 Å². The lowest BCUT2D eigenvalue weighted by Gasteiger charge is -2.40. The van der Waals surface area contributed by atoms with E-state index in [9.17, 15) is 9.59 Å². The Hall–Kier alpha value is -4.59. The highest BCUT2D eigenvalue weighted by Crippen LogP contribution is 2.32. The Balaban J connectivity index is 1.19. The fourth-order valence-electron chi connectivity index (χ4n) is 5.02. The molecule has 0 spiro atoms. The van der Waals surface area contributed by atoms with Crippen LogP contribution in [0.25, 0.3) is 10.9 Å². The maximum absolute atomic E-state index is 13.4. The minimum absolute atomic E-state index is 0.0953. The lowest BCUT2D eigenvalue weighted by atomic mass is 9.94. The summed E-state index contributed by atoms with van der Waals surface area (Å²) in [5.74, 6) is 0.915. The molecule has 0 aliphatic carbocycles. The number of rotatable bonds is 6. The lowest BCUT2D eigenvalue weighted by molar-refractivity contribution is -0.157. The Kier molecular flexibility index (Phi) is 5.84. The number of hydrogen-bond acceptors (Lipinski definition) is 5. The van der Waals surface area contributed by atoms with E-state index < -0.39 is 6.04 Å². The fourth-order valence-corrected chi connectivity index (χ4v) is 5.02. The summed E-state index contributed by atoms with van der Waals surface area (Å²) in [4.78, 5) is 31.4. The van der Waals surface area contributed by atoms with Crippen LogP contribution in [0.1, 0.15) is 22.4 Å². The molecule has 2 aliphatic heterocycles. The first-order valence-corrected chi connectivity index (χ1v) is 12.2. The van der Waals surface area contributed by atoms with E-state index >= 15 is 0 Å². The Bertz CT molecular complexity index is 1510. The Labute approximate surface area is 214 Å². The average molecular weight is 495 g/mol. The van der Waals surface area contributed by atoms with Gasteiger partial charge in [-0.25, -0.2) is 5.01 Å². The average Bonchev–Trinajstić information content (AvgIpc) is 3.30. The summed E-state index contributed by atoms with van der Waals surface area (Å²) in [6.45, 7) is 0.745. The Morgan fingerprint density at radius 2 is 1.84 bits per heavy atom. The molecule has 1 saturated heterocycles. The third-order valence-electron chi connectivity index (χ3n) is 6.94. The fraction of sp³-hybridized carbons (Fsp3) is 0.207. The third-order valence-corrected chi connectivity index (χ3v) is 6.94. The Morgan fingerprint density at radius 1 is 1.03 bits per heavy atom. The van der Waals surface area contributed by atoms with E-state index in [-0.39, 0.29) is 18.4 Å². The van der Waals surface area contributed by atoms with Gasteiger partial charge in [-0.3, -0.25) is 9.59 Å². The standard InChI is InChI=1S/C29H26N4O4/c1-36-27-13-21(37-18-19-7-3-2-4-8-19)12-11-20(27)15-30-33-17-28(34)32-16-25-23(14-26(32)29(33)35)22-9-5-6-10-24(22)31-25/h2-13,15,26,31H,14,16-18H2,1H3/b30-15-/t26-/m0/s1. The summed E-state index contributed by atoms with van der Waals surface area (Å²) < 4.78 is 11.4. The normalized spacial score (nSPS) is 17.3. The van der Waals surface area contributed by atoms with Crippen LogP contribution in [0.3, 0.4) is 0 Å². The maximum atomic E-state index is 13.4. The molecule has 0 saturated carbocycles. The van der Waals surface area contributed by atoms with Crippen molar-refractivity contribution in [2.75, 3.05) is 13.7 Å². The van der Waals surface area contributed by atoms with Gasteiger partial charge in [-0.2, -0.15) is 5.10 Å². The summed E-state index contributed by atoms with van der Waals surface area (Å²) in [5, 5.41) is 6.76. The van der Waals surface area contributed by atoms with E-state index in [1.807, 2.05) is 66.7 Å². The summed E-state index contributed by atoms with van der Waals surface area (Å²) in [7, 11) is 1.57. The van der Waals surface area contributed by atoms with E-state index in [0.717, 1.165) is 27.7 Å². The first-order valence-electron chi connectivity index (χ1n) is 12.2. The summed E-state index contributed by atoms with van der Waals surface area (Å²) in [5.41, 5.74) is 4.86. The van der Waals surface area contributed by atoms with Crippen molar-refractivity contribution >= 4 is 28.9 Å². The van der Waals surface area contributed by atoms with Crippen molar-refractivity contribution in [1.29, 1.82) is 0 Å². The zero-order valence-electron chi connectivity index (χ0n) is 20.4. The van der Waals surface area contributed by atoms with Crippen LogP contribution in [0.2, 0.25) is 0 Å². The van der Waals surface area contributed by atoms with Crippen LogP contribution in [-0.2, 0) is 29.2 Å². The van der Waals surface area contributed by atoms with Crippen LogP contribution in [-0.4, -0.2) is 52.6 Å². The number of aromatic amines is 1. The largest absolute Gasteiger partial charge is 0.496 e. The van der Waals surface area contributed by atoms with E-state index in [1.165, 1.54) is 5.01 Å². The van der Waals surface area contributed by atoms with Crippen molar-refractivity contribution in [3.05, 3.63) is 95.2 Å². The number of piperazine rings is 1. The molecule has 3 aromatic carbocycles. The van der Waals surface area contributed by atoms with Crippen molar-refractivity contribution in [2.45, 2.75) is 25.6 Å². The summed E-state index contributed by atoms with van der Waals surface area (Å²) in [6, 6.07) is 22.8. The molecule has 1 N–H and O–H groups in total. The highest BCUT2D eigenvalue weighted by atomic mass is 16.5. The van der Waals surface area contributed by atoms with Gasteiger partial charge in [0, 0.05) is 34.6 Å². The number of para-hydroxylation sites is 1. The van der Waals surface area contributed by atoms with Gasteiger partial charge in [0.25, 0.3) is 5.91 Å². The summed E-state index contributed by atoms with van der Waals surface area (Å²) in [6.07, 6.45) is 2.02. The zero-order chi connectivity index (χ0) is 25.4. The molecule has 6 rings (SSSR count). The third kappa shape index (κ3) is 4.31. The van der Waals surface area contributed by atoms with Gasteiger partial charge in [0.2, 0.25) is 5.91 Å². The highest BCUT2D eigenvalue weighted by Gasteiger charge is 2.43. The molecule has 8 nitrogen and oxygen atoms in total. The van der Waals surface area contributed by atoms with E-state index in [1.54, 1.807) is 24.3 Å². The van der Waals surface area contributed by atoms with Crippen LogP contribution in [0.15, 0.2) is 77.9 Å². The van der Waals surface area contributed by atoms with E-state index in [0.29, 0.717) is 36.6 Å². The van der Waals surface area contributed by atoms with Gasteiger partial charge in [-0.05, 0) is 29.3 Å². The molecule has 4 aromatic rings. The Morgan fingerprint density at radius 3 is 2.68 bits per heavy atom. The van der Waals surface area contributed by atoms with Crippen LogP contribution in [0, 0.1) is 0 Å². The van der Waals surface area contributed by atoms with Gasteiger partial charge < -0.3 is 19.4 Å². The van der Waals surface area contributed by atoms with E-state index in [2.05, 4.69) is 10.1 Å². The molecule has 2 amide bonds. The molecule has 0 bridgehead atoms. The number of nitrogens with zero attached hydrogens (tertiary/aromatic N) is 3. The minimum atomic E-state index is -0.569. The molecular formula is C29H26N4O4. The van der Waals surface area contributed by atoms with Crippen molar-refractivity contribution in [3.63, 3.8) is 0 Å². The number of nitrogens with one attached hydrogen (secondary N) is 1. The number of carbonyl (C=O) groups excluding carboxylic acids is 2. The van der Waals surface area contributed by atoms with Gasteiger partial charge in [0.05, 0.1) is 19.9 Å². The molecule has 186 valence electrons. The number of aromatic nitrogens is 1. The van der Waals surface area contributed by atoms with Crippen LogP contribution in [0.4, 0.5) is 0 Å². The number of benzene rings is 3. The van der Waals surface area contributed by atoms with Gasteiger partial charge in [0.15, 0.2) is 0 Å². The minimum Gasteiger partial charge on any atom is -0.496 e. The van der Waals surface area contributed by atoms with Gasteiger partial charge in [-0.15, -0.1) is 0 Å². The predicted octanol–water partition coefficient (Wildman–Crippen LogP) is 3.89. The number of amides is 2. The van der Waals surface area contributed by atoms with Crippen molar-refractivity contribution < 1.29 is 19.1 Å². The molecule has 0 unspecified atom stereocenters. The molecule has 1 fully saturated rings. The number of fused-ring (bicyclic) bond motifs is 4. The van der Waals surface area contributed by atoms with Crippen molar-refractivity contribution in [2.24, 2.45) is 5.10 Å². The number of hydrazone groups is 1. The lowest BCUT2D eigenvalue weighted by Crippen LogP contribution is -2.60. The second kappa shape index (κ2) is 9.46. The molecular weight excluding hydrogens is 468 g/mol. The van der Waals surface area contributed by atoms with Gasteiger partial charge >= 0.3 is 0 Å². The second-order valence-corrected chi connectivity index (χ2v) is 9.19. The van der Waals surface area contributed by atoms with Crippen LogP contribution < -0.4 is 9.47 Å². The zero-order valence-corrected chi connectivity index (χ0v) is 20.4. The van der Waals surface area contributed by atoms with E-state index in [4.69, 9.17) is 9.47 Å². The number of H-pyrrole nitrogens is 1. The second-order valence-electron chi connectivity index (χ2n) is 9.19. The number of hydrogen-bond donors (Lipinski definition) is 1. The molecule has 8 heteroatoms. The van der Waals surface area contributed by atoms with Crippen molar-refractivity contribution in [3.8, 4) is 11.5 Å². The maximum Gasteiger partial charge on any atom is 0.266 e. The topological polar surface area (TPSA) is 87.2 Å². The molecule has 3 heterocycles. The monoisotopic (exact) mass is 494 g/mol. The highest BCUT2D eigenvalue weighted by molar-refractivity contribution is 5.97.